The Labute approximate surface area is 80.0 Å². The fourth-order valence-electron chi connectivity index (χ4n) is 1.17. The maximum Gasteiger partial charge on any atom is 0.129 e. The third kappa shape index (κ3) is 1.33. The molecule has 1 aliphatic rings. The van der Waals surface area contributed by atoms with Gasteiger partial charge >= 0.3 is 0 Å². The van der Waals surface area contributed by atoms with Gasteiger partial charge in [0.2, 0.25) is 0 Å². The van der Waals surface area contributed by atoms with Crippen molar-refractivity contribution in [2.75, 3.05) is 0 Å². The standard InChI is InChI=1S/C8H10N2S2/c1-5(2)7-6-8(12-11-7)10-4-3-9-6/h3-5,7H,1-2H3. The Kier molecular flexibility index (Phi) is 2.28. The minimum absolute atomic E-state index is 0.527. The van der Waals surface area contributed by atoms with Crippen LogP contribution in [-0.4, -0.2) is 9.97 Å². The van der Waals surface area contributed by atoms with E-state index in [2.05, 4.69) is 23.8 Å². The summed E-state index contributed by atoms with van der Waals surface area (Å²) in [5.74, 6) is 0.639. The van der Waals surface area contributed by atoms with Gasteiger partial charge in [-0.25, -0.2) is 4.98 Å². The second-order valence-electron chi connectivity index (χ2n) is 3.09. The lowest BCUT2D eigenvalue weighted by Crippen LogP contribution is -2.01. The second-order valence-corrected chi connectivity index (χ2v) is 5.42. The first kappa shape index (κ1) is 8.38. The average molecular weight is 198 g/mol. The van der Waals surface area contributed by atoms with E-state index in [1.165, 1.54) is 5.69 Å². The molecular weight excluding hydrogens is 188 g/mol. The van der Waals surface area contributed by atoms with Gasteiger partial charge in [0, 0.05) is 12.4 Å². The third-order valence-corrected chi connectivity index (χ3v) is 4.72. The van der Waals surface area contributed by atoms with Crippen LogP contribution in [0, 0.1) is 5.92 Å². The molecule has 0 radical (unpaired) electrons. The molecule has 2 nitrogen and oxygen atoms in total. The van der Waals surface area contributed by atoms with Crippen LogP contribution in [0.4, 0.5) is 0 Å². The van der Waals surface area contributed by atoms with Crippen LogP contribution in [0.3, 0.4) is 0 Å². The lowest BCUT2D eigenvalue weighted by Gasteiger charge is -2.11. The molecule has 0 saturated heterocycles. The number of nitrogens with zero attached hydrogens (tertiary/aromatic N) is 2. The summed E-state index contributed by atoms with van der Waals surface area (Å²) < 4.78 is 0. The number of rotatable bonds is 1. The van der Waals surface area contributed by atoms with E-state index in [1.54, 1.807) is 23.2 Å². The summed E-state index contributed by atoms with van der Waals surface area (Å²) in [4.78, 5) is 8.63. The highest BCUT2D eigenvalue weighted by atomic mass is 33.1. The van der Waals surface area contributed by atoms with Gasteiger partial charge in [0.15, 0.2) is 0 Å². The summed E-state index contributed by atoms with van der Waals surface area (Å²) in [6.07, 6.45) is 3.54. The van der Waals surface area contributed by atoms with E-state index in [1.807, 2.05) is 10.8 Å². The van der Waals surface area contributed by atoms with Crippen LogP contribution in [0.1, 0.15) is 24.8 Å². The van der Waals surface area contributed by atoms with Crippen molar-refractivity contribution in [1.82, 2.24) is 9.97 Å². The van der Waals surface area contributed by atoms with E-state index < -0.39 is 0 Å². The van der Waals surface area contributed by atoms with E-state index in [0.29, 0.717) is 11.2 Å². The molecule has 0 N–H and O–H groups in total. The topological polar surface area (TPSA) is 25.8 Å². The molecule has 0 bridgehead atoms. The van der Waals surface area contributed by atoms with Gasteiger partial charge in [0.25, 0.3) is 0 Å². The van der Waals surface area contributed by atoms with Crippen LogP contribution in [0.15, 0.2) is 17.4 Å². The second kappa shape index (κ2) is 3.26. The molecule has 1 atom stereocenters. The molecule has 0 aromatic carbocycles. The van der Waals surface area contributed by atoms with Crippen LogP contribution in [0.5, 0.6) is 0 Å². The highest BCUT2D eigenvalue weighted by Crippen LogP contribution is 2.53. The summed E-state index contributed by atoms with van der Waals surface area (Å²) in [6.45, 7) is 4.45. The monoisotopic (exact) mass is 198 g/mol. The van der Waals surface area contributed by atoms with E-state index in [4.69, 9.17) is 0 Å². The van der Waals surface area contributed by atoms with Crippen LogP contribution >= 0.6 is 21.6 Å². The van der Waals surface area contributed by atoms with Gasteiger partial charge in [-0.2, -0.15) is 0 Å². The van der Waals surface area contributed by atoms with Gasteiger partial charge in [-0.05, 0) is 16.7 Å². The maximum absolute atomic E-state index is 4.36. The zero-order chi connectivity index (χ0) is 8.55. The molecule has 12 heavy (non-hydrogen) atoms. The molecule has 1 aromatic heterocycles. The summed E-state index contributed by atoms with van der Waals surface area (Å²) in [7, 11) is 3.62. The smallest absolute Gasteiger partial charge is 0.129 e. The first-order valence-corrected chi connectivity index (χ1v) is 6.14. The van der Waals surface area contributed by atoms with Gasteiger partial charge < -0.3 is 0 Å². The minimum Gasteiger partial charge on any atom is -0.256 e. The zero-order valence-electron chi connectivity index (χ0n) is 7.02. The molecule has 0 aliphatic carbocycles. The number of aromatic nitrogens is 2. The fraction of sp³-hybridized carbons (Fsp3) is 0.500. The largest absolute Gasteiger partial charge is 0.256 e. The Morgan fingerprint density at radius 1 is 1.33 bits per heavy atom. The third-order valence-electron chi connectivity index (χ3n) is 1.80. The van der Waals surface area contributed by atoms with Crippen LogP contribution < -0.4 is 0 Å². The van der Waals surface area contributed by atoms with Gasteiger partial charge in [-0.3, -0.25) is 4.98 Å². The molecular formula is C8H10N2S2. The summed E-state index contributed by atoms with van der Waals surface area (Å²) in [5, 5.41) is 1.62. The molecule has 0 amide bonds. The normalized spacial score (nSPS) is 21.4. The Bertz CT molecular complexity index is 288. The molecule has 64 valence electrons. The van der Waals surface area contributed by atoms with Gasteiger partial charge in [0.05, 0.1) is 10.9 Å². The first-order chi connectivity index (χ1) is 5.79. The van der Waals surface area contributed by atoms with Crippen molar-refractivity contribution in [3.63, 3.8) is 0 Å². The van der Waals surface area contributed by atoms with Crippen LogP contribution in [0.2, 0.25) is 0 Å². The van der Waals surface area contributed by atoms with Crippen molar-refractivity contribution in [3.05, 3.63) is 18.1 Å². The lowest BCUT2D eigenvalue weighted by molar-refractivity contribution is 0.612. The Morgan fingerprint density at radius 2 is 2.08 bits per heavy atom. The first-order valence-electron chi connectivity index (χ1n) is 3.93. The highest BCUT2D eigenvalue weighted by molar-refractivity contribution is 8.77. The molecule has 2 rings (SSSR count). The number of hydrogen-bond acceptors (Lipinski definition) is 4. The molecule has 1 aromatic rings. The van der Waals surface area contributed by atoms with Crippen molar-refractivity contribution < 1.29 is 0 Å². The minimum atomic E-state index is 0.527. The van der Waals surface area contributed by atoms with Gasteiger partial charge in [-0.15, -0.1) is 0 Å². The van der Waals surface area contributed by atoms with Crippen molar-refractivity contribution in [2.45, 2.75) is 24.1 Å². The zero-order valence-corrected chi connectivity index (χ0v) is 8.65. The number of fused-ring (bicyclic) bond motifs is 1. The molecule has 4 heteroatoms. The Morgan fingerprint density at radius 3 is 2.83 bits per heavy atom. The molecule has 2 heterocycles. The molecule has 0 fully saturated rings. The SMILES string of the molecule is CC(C)C1SSc2nccnc21. The van der Waals surface area contributed by atoms with Crippen LogP contribution in [0.25, 0.3) is 0 Å². The van der Waals surface area contributed by atoms with Crippen molar-refractivity contribution in [1.29, 1.82) is 0 Å². The van der Waals surface area contributed by atoms with Crippen molar-refractivity contribution in [2.24, 2.45) is 5.92 Å². The van der Waals surface area contributed by atoms with Gasteiger partial charge in [-0.1, -0.05) is 24.6 Å². The van der Waals surface area contributed by atoms with E-state index in [-0.39, 0.29) is 0 Å². The van der Waals surface area contributed by atoms with E-state index in [0.717, 1.165) is 5.03 Å². The Balaban J connectivity index is 2.36. The number of hydrogen-bond donors (Lipinski definition) is 0. The van der Waals surface area contributed by atoms with E-state index >= 15 is 0 Å². The summed E-state index contributed by atoms with van der Waals surface area (Å²) in [5.41, 5.74) is 1.17. The maximum atomic E-state index is 4.36. The average Bonchev–Trinajstić information content (AvgIpc) is 2.47. The molecule has 1 aliphatic heterocycles. The quantitative estimate of drug-likeness (QED) is 0.648. The van der Waals surface area contributed by atoms with Crippen molar-refractivity contribution >= 4 is 21.6 Å². The predicted molar refractivity (Wildman–Crippen MR) is 53.1 cm³/mol. The Hall–Kier alpha value is -0.220. The van der Waals surface area contributed by atoms with Crippen LogP contribution in [-0.2, 0) is 0 Å². The molecule has 0 spiro atoms. The molecule has 0 saturated carbocycles. The lowest BCUT2D eigenvalue weighted by atomic mass is 10.1. The summed E-state index contributed by atoms with van der Waals surface area (Å²) in [6, 6.07) is 0. The fourth-order valence-corrected chi connectivity index (χ4v) is 4.20. The van der Waals surface area contributed by atoms with Crippen molar-refractivity contribution in [3.8, 4) is 0 Å². The van der Waals surface area contributed by atoms with E-state index in [9.17, 15) is 0 Å². The highest BCUT2D eigenvalue weighted by Gasteiger charge is 2.28. The predicted octanol–water partition coefficient (Wildman–Crippen LogP) is 2.93. The van der Waals surface area contributed by atoms with Gasteiger partial charge in [0.1, 0.15) is 5.03 Å². The molecule has 1 unspecified atom stereocenters. The summed E-state index contributed by atoms with van der Waals surface area (Å²) >= 11 is 0.